The van der Waals surface area contributed by atoms with Crippen LogP contribution in [0.4, 0.5) is 0 Å². The number of allylic oxidation sites excluding steroid dienone is 1. The van der Waals surface area contributed by atoms with Crippen molar-refractivity contribution < 1.29 is 46.1 Å². The topological polar surface area (TPSA) is 15.8 Å². The minimum atomic E-state index is -1.95. The molecule has 0 spiro atoms. The zero-order chi connectivity index (χ0) is 13.5. The molecule has 0 fully saturated rings. The zero-order valence-corrected chi connectivity index (χ0v) is 15.9. The molecule has 1 aromatic heterocycles. The number of hydrogen-bond donors (Lipinski definition) is 1. The van der Waals surface area contributed by atoms with Crippen molar-refractivity contribution in [3.05, 3.63) is 71.8 Å². The van der Waals surface area contributed by atoms with Crippen molar-refractivity contribution in [1.29, 1.82) is 0 Å². The summed E-state index contributed by atoms with van der Waals surface area (Å²) >= 11 is -1.95. The van der Waals surface area contributed by atoms with Crippen molar-refractivity contribution >= 4 is 24.6 Å². The van der Waals surface area contributed by atoms with Crippen molar-refractivity contribution in [2.45, 2.75) is 3.63 Å². The molecule has 1 aliphatic carbocycles. The molecule has 2 aromatic carbocycles. The molecule has 0 saturated heterocycles. The second-order valence-electron chi connectivity index (χ2n) is 5.26. The molecule has 4 heteroatoms. The molecular formula is C18H15Cl2NZr. The van der Waals surface area contributed by atoms with Crippen molar-refractivity contribution in [3.8, 4) is 0 Å². The van der Waals surface area contributed by atoms with E-state index in [2.05, 4.69) is 75.9 Å². The molecule has 1 unspecified atom stereocenters. The average Bonchev–Trinajstić information content (AvgIpc) is 3.10. The number of para-hydroxylation sites is 1. The standard InChI is InChI=1S/C9H7.C8H6N.CH2.2ClH.Zr/c1-2-5-9-7-3-6-8(9)4-1;1-2-4-8-7(3-1)5-6-9-8;;;;/h1-7H;1-5,9H;1H2;2*1H;/q;;;;;+2/p-2. The summed E-state index contributed by atoms with van der Waals surface area (Å²) < 4.78 is 6.56. The van der Waals surface area contributed by atoms with Crippen LogP contribution in [0.3, 0.4) is 0 Å². The monoisotopic (exact) mass is 405 g/mol. The third-order valence-corrected chi connectivity index (χ3v) is 9.50. The Morgan fingerprint density at radius 1 is 0.955 bits per heavy atom. The summed E-state index contributed by atoms with van der Waals surface area (Å²) in [4.78, 5) is 3.59. The van der Waals surface area contributed by atoms with Gasteiger partial charge in [0.25, 0.3) is 0 Å². The average molecular weight is 407 g/mol. The molecule has 110 valence electrons. The molecule has 0 bridgehead atoms. The number of rotatable bonds is 2. The molecule has 1 atom stereocenters. The number of nitrogens with one attached hydrogen (secondary N) is 1. The van der Waals surface area contributed by atoms with Crippen LogP contribution in [0.15, 0.2) is 60.7 Å². The van der Waals surface area contributed by atoms with E-state index in [1.807, 2.05) is 0 Å². The van der Waals surface area contributed by atoms with Crippen LogP contribution in [0, 0.1) is 0 Å². The molecule has 0 amide bonds. The summed E-state index contributed by atoms with van der Waals surface area (Å²) in [6.07, 6.45) is 4.62. The molecular weight excluding hydrogens is 392 g/mol. The first-order valence-corrected chi connectivity index (χ1v) is 11.3. The Balaban J connectivity index is 0.000000882. The van der Waals surface area contributed by atoms with Crippen LogP contribution in [0.5, 0.6) is 0 Å². The number of aromatic amines is 1. The maximum atomic E-state index is 4.60. The molecule has 3 aromatic rings. The van der Waals surface area contributed by atoms with E-state index in [1.54, 1.807) is 0 Å². The van der Waals surface area contributed by atoms with Gasteiger partial charge in [0, 0.05) is 0 Å². The molecule has 0 aliphatic heterocycles. The van der Waals surface area contributed by atoms with Gasteiger partial charge in [-0.1, -0.05) is 0 Å². The van der Waals surface area contributed by atoms with Crippen LogP contribution in [-0.2, 0) is 21.3 Å². The minimum absolute atomic E-state index is 0. The van der Waals surface area contributed by atoms with Crippen LogP contribution in [-0.4, -0.2) is 9.20 Å². The van der Waals surface area contributed by atoms with Crippen LogP contribution in [0.1, 0.15) is 14.8 Å². The molecule has 1 heterocycles. The second-order valence-corrected chi connectivity index (χ2v) is 10.7. The van der Waals surface area contributed by atoms with Gasteiger partial charge in [-0.3, -0.25) is 0 Å². The summed E-state index contributed by atoms with van der Waals surface area (Å²) in [5.74, 6) is 0. The third-order valence-electron chi connectivity index (χ3n) is 4.05. The Bertz CT molecular complexity index is 818. The van der Waals surface area contributed by atoms with Crippen molar-refractivity contribution in [2.24, 2.45) is 0 Å². The molecule has 1 N–H and O–H groups in total. The molecule has 1 nitrogen and oxygen atoms in total. The molecule has 0 radical (unpaired) electrons. The summed E-state index contributed by atoms with van der Waals surface area (Å²) in [5.41, 5.74) is 4.07. The minimum Gasteiger partial charge on any atom is -1.00 e. The van der Waals surface area contributed by atoms with E-state index in [-0.39, 0.29) is 24.8 Å². The Kier molecular flexibility index (Phi) is 5.61. The van der Waals surface area contributed by atoms with Gasteiger partial charge in [0.2, 0.25) is 0 Å². The van der Waals surface area contributed by atoms with Crippen molar-refractivity contribution in [2.75, 3.05) is 0 Å². The van der Waals surface area contributed by atoms with Crippen LogP contribution >= 0.6 is 0 Å². The summed E-state index contributed by atoms with van der Waals surface area (Å²) in [6.45, 7) is 0. The summed E-state index contributed by atoms with van der Waals surface area (Å²) in [7, 11) is 0. The fourth-order valence-electron chi connectivity index (χ4n) is 2.97. The van der Waals surface area contributed by atoms with Gasteiger partial charge in [-0.2, -0.15) is 0 Å². The first-order chi connectivity index (χ1) is 9.83. The van der Waals surface area contributed by atoms with Gasteiger partial charge in [-0.05, 0) is 0 Å². The fourth-order valence-corrected chi connectivity index (χ4v) is 7.73. The zero-order valence-electron chi connectivity index (χ0n) is 11.9. The van der Waals surface area contributed by atoms with Crippen molar-refractivity contribution in [1.82, 2.24) is 4.98 Å². The number of aromatic nitrogens is 1. The normalized spacial score (nSPS) is 14.6. The molecule has 1 aliphatic rings. The summed E-state index contributed by atoms with van der Waals surface area (Å²) in [5, 5.41) is 1.31. The van der Waals surface area contributed by atoms with Crippen molar-refractivity contribution in [3.63, 3.8) is 0 Å². The van der Waals surface area contributed by atoms with Gasteiger partial charge in [0.05, 0.1) is 0 Å². The van der Waals surface area contributed by atoms with E-state index in [1.165, 1.54) is 25.4 Å². The largest absolute Gasteiger partial charge is 1.00 e. The maximum Gasteiger partial charge on any atom is -1.00 e. The third kappa shape index (κ3) is 2.93. The first-order valence-electron chi connectivity index (χ1n) is 6.87. The molecule has 4 rings (SSSR count). The number of fused-ring (bicyclic) bond motifs is 2. The van der Waals surface area contributed by atoms with Gasteiger partial charge in [0.15, 0.2) is 0 Å². The number of halogens is 2. The summed E-state index contributed by atoms with van der Waals surface area (Å²) in [6, 6.07) is 19.5. The molecule has 22 heavy (non-hydrogen) atoms. The van der Waals surface area contributed by atoms with Gasteiger partial charge in [-0.25, -0.2) is 0 Å². The van der Waals surface area contributed by atoms with E-state index >= 15 is 0 Å². The van der Waals surface area contributed by atoms with Crippen LogP contribution in [0.25, 0.3) is 17.0 Å². The quantitative estimate of drug-likeness (QED) is 0.489. The smallest absolute Gasteiger partial charge is 1.00 e. The van der Waals surface area contributed by atoms with Gasteiger partial charge >= 0.3 is 126 Å². The SMILES string of the molecule is [CH2]=[Zr+2]([c]1cc2ccccc2[nH]1)[CH]1C=Cc2ccccc21.[Cl-].[Cl-]. The maximum absolute atomic E-state index is 4.60. The second kappa shape index (κ2) is 7.09. The van der Waals surface area contributed by atoms with E-state index < -0.39 is 21.3 Å². The van der Waals surface area contributed by atoms with E-state index in [0.717, 1.165) is 0 Å². The Morgan fingerprint density at radius 2 is 1.68 bits per heavy atom. The van der Waals surface area contributed by atoms with E-state index in [9.17, 15) is 0 Å². The van der Waals surface area contributed by atoms with Crippen LogP contribution < -0.4 is 28.2 Å². The predicted molar refractivity (Wildman–Crippen MR) is 83.3 cm³/mol. The van der Waals surface area contributed by atoms with Gasteiger partial charge < -0.3 is 24.8 Å². The Labute approximate surface area is 150 Å². The Hall–Kier alpha value is -0.947. The first kappa shape index (κ1) is 17.4. The van der Waals surface area contributed by atoms with E-state index in [4.69, 9.17) is 0 Å². The number of hydrogen-bond acceptors (Lipinski definition) is 0. The van der Waals surface area contributed by atoms with Crippen LogP contribution in [0.2, 0.25) is 0 Å². The number of H-pyrrole nitrogens is 1. The molecule has 0 saturated carbocycles. The Morgan fingerprint density at radius 3 is 2.50 bits per heavy atom. The van der Waals surface area contributed by atoms with E-state index in [0.29, 0.717) is 3.63 Å². The fraction of sp³-hybridized carbons (Fsp3) is 0.0556. The van der Waals surface area contributed by atoms with Gasteiger partial charge in [0.1, 0.15) is 0 Å². The predicted octanol–water partition coefficient (Wildman–Crippen LogP) is -2.38. The number of benzene rings is 2. The van der Waals surface area contributed by atoms with Gasteiger partial charge in [-0.15, -0.1) is 0 Å².